The molecule has 2 aliphatic heterocycles. The lowest BCUT2D eigenvalue weighted by Crippen LogP contribution is -2.44. The second-order valence-corrected chi connectivity index (χ2v) is 9.47. The number of halogens is 1. The summed E-state index contributed by atoms with van der Waals surface area (Å²) in [4.78, 5) is 8.75. The van der Waals surface area contributed by atoms with E-state index in [1.54, 1.807) is 0 Å². The van der Waals surface area contributed by atoms with E-state index in [4.69, 9.17) is 4.74 Å². The predicted molar refractivity (Wildman–Crippen MR) is 108 cm³/mol. The Balaban J connectivity index is 1.27. The molecular weight excluding hydrogens is 398 g/mol. The highest BCUT2D eigenvalue weighted by Crippen LogP contribution is 2.24. The topological polar surface area (TPSA) is 19.0 Å². The number of hydrogen-bond acceptors (Lipinski definition) is 5. The van der Waals surface area contributed by atoms with Gasteiger partial charge >= 0.3 is 0 Å². The largest absolute Gasteiger partial charge is 0.365 e. The fourth-order valence-electron chi connectivity index (χ4n) is 3.28. The average Bonchev–Trinajstić information content (AvgIpc) is 3.02. The molecule has 0 amide bonds. The normalized spacial score (nSPS) is 21.2. The van der Waals surface area contributed by atoms with E-state index < -0.39 is 0 Å². The van der Waals surface area contributed by atoms with E-state index in [1.165, 1.54) is 8.66 Å². The molecule has 0 unspecified atom stereocenters. The fraction of sp³-hybridized carbons (Fsp3) is 0.684. The molecule has 3 rings (SSSR count). The quantitative estimate of drug-likeness (QED) is 0.674. The monoisotopic (exact) mass is 425 g/mol. The van der Waals surface area contributed by atoms with Crippen molar-refractivity contribution in [2.75, 3.05) is 59.5 Å². The van der Waals surface area contributed by atoms with Crippen LogP contribution in [0.1, 0.15) is 17.7 Å². The zero-order chi connectivity index (χ0) is 17.5. The molecular formula is C19H28BrN3OS. The van der Waals surface area contributed by atoms with Crippen molar-refractivity contribution in [3.8, 4) is 11.8 Å². The summed E-state index contributed by atoms with van der Waals surface area (Å²) in [7, 11) is 2.18. The van der Waals surface area contributed by atoms with E-state index in [2.05, 4.69) is 61.7 Å². The molecule has 0 spiro atoms. The van der Waals surface area contributed by atoms with E-state index >= 15 is 0 Å². The number of likely N-dealkylation sites (N-methyl/N-ethyl adjacent to an activating group) is 1. The van der Waals surface area contributed by atoms with E-state index in [0.717, 1.165) is 65.2 Å². The Labute approximate surface area is 164 Å². The van der Waals surface area contributed by atoms with Crippen molar-refractivity contribution in [1.82, 2.24) is 14.7 Å². The Morgan fingerprint density at radius 1 is 1.08 bits per heavy atom. The first kappa shape index (κ1) is 19.3. The van der Waals surface area contributed by atoms with Gasteiger partial charge in [0.15, 0.2) is 0 Å². The van der Waals surface area contributed by atoms with Crippen molar-refractivity contribution in [2.24, 2.45) is 0 Å². The van der Waals surface area contributed by atoms with Gasteiger partial charge in [0.05, 0.1) is 16.4 Å². The molecule has 0 saturated carbocycles. The van der Waals surface area contributed by atoms with Crippen LogP contribution in [0.5, 0.6) is 0 Å². The van der Waals surface area contributed by atoms with E-state index in [-0.39, 0.29) is 0 Å². The van der Waals surface area contributed by atoms with Crippen LogP contribution in [0.15, 0.2) is 15.9 Å². The van der Waals surface area contributed by atoms with Crippen molar-refractivity contribution >= 4 is 27.3 Å². The Bertz CT molecular complexity index is 581. The highest BCUT2D eigenvalue weighted by molar-refractivity contribution is 9.11. The second kappa shape index (κ2) is 10.1. The Kier molecular flexibility index (Phi) is 7.78. The zero-order valence-electron chi connectivity index (χ0n) is 15.0. The minimum Gasteiger partial charge on any atom is -0.365 e. The van der Waals surface area contributed by atoms with Gasteiger partial charge in [0, 0.05) is 50.7 Å². The maximum absolute atomic E-state index is 5.96. The smallest absolute Gasteiger partial charge is 0.108 e. The van der Waals surface area contributed by atoms with Crippen LogP contribution in [0.3, 0.4) is 0 Å². The third kappa shape index (κ3) is 6.67. The van der Waals surface area contributed by atoms with E-state index in [9.17, 15) is 0 Å². The van der Waals surface area contributed by atoms with Crippen LogP contribution < -0.4 is 0 Å². The minimum absolute atomic E-state index is 0.379. The summed E-state index contributed by atoms with van der Waals surface area (Å²) in [5.41, 5.74) is 0. The van der Waals surface area contributed by atoms with Gasteiger partial charge in [-0.3, -0.25) is 9.80 Å². The number of thiophene rings is 1. The van der Waals surface area contributed by atoms with Crippen molar-refractivity contribution in [1.29, 1.82) is 0 Å². The third-order valence-corrected chi connectivity index (χ3v) is 6.57. The van der Waals surface area contributed by atoms with Gasteiger partial charge < -0.3 is 9.64 Å². The zero-order valence-corrected chi connectivity index (χ0v) is 17.4. The Morgan fingerprint density at radius 3 is 2.52 bits per heavy atom. The van der Waals surface area contributed by atoms with Gasteiger partial charge in [-0.2, -0.15) is 0 Å². The van der Waals surface area contributed by atoms with Gasteiger partial charge in [-0.05, 0) is 48.0 Å². The molecule has 25 heavy (non-hydrogen) atoms. The van der Waals surface area contributed by atoms with Crippen LogP contribution in [0.4, 0.5) is 0 Å². The summed E-state index contributed by atoms with van der Waals surface area (Å²) in [5.74, 6) is 6.47. The standard InChI is InChI=1S/C19H28BrN3OS/c1-21-11-13-22(14-12-21)8-2-3-15-24-17-6-9-23(10-7-17)16-18-4-5-19(20)25-18/h4-5,17H,6-16H2,1H3. The molecule has 138 valence electrons. The molecule has 0 aliphatic carbocycles. The third-order valence-electron chi connectivity index (χ3n) is 4.96. The summed E-state index contributed by atoms with van der Waals surface area (Å²) in [5, 5.41) is 0. The number of likely N-dealkylation sites (tertiary alicyclic amines) is 1. The first-order chi connectivity index (χ1) is 12.2. The number of hydrogen-bond donors (Lipinski definition) is 0. The van der Waals surface area contributed by atoms with Crippen molar-refractivity contribution in [3.63, 3.8) is 0 Å². The van der Waals surface area contributed by atoms with Gasteiger partial charge in [-0.25, -0.2) is 0 Å². The molecule has 0 bridgehead atoms. The molecule has 0 aromatic carbocycles. The highest BCUT2D eigenvalue weighted by atomic mass is 79.9. The van der Waals surface area contributed by atoms with Crippen LogP contribution in [-0.2, 0) is 11.3 Å². The van der Waals surface area contributed by atoms with Crippen LogP contribution in [0, 0.1) is 11.8 Å². The van der Waals surface area contributed by atoms with Gasteiger partial charge in [-0.15, -0.1) is 11.3 Å². The SMILES string of the molecule is CN1CCN(CC#CCOC2CCN(Cc3ccc(Br)s3)CC2)CC1. The molecule has 1 aromatic heterocycles. The lowest BCUT2D eigenvalue weighted by Gasteiger charge is -2.31. The molecule has 2 fully saturated rings. The Morgan fingerprint density at radius 2 is 1.84 bits per heavy atom. The number of piperidine rings is 1. The lowest BCUT2D eigenvalue weighted by atomic mass is 10.1. The van der Waals surface area contributed by atoms with Crippen molar-refractivity contribution < 1.29 is 4.74 Å². The summed E-state index contributed by atoms with van der Waals surface area (Å²) in [6, 6.07) is 4.35. The van der Waals surface area contributed by atoms with Crippen LogP contribution in [0.2, 0.25) is 0 Å². The van der Waals surface area contributed by atoms with Gasteiger partial charge in [0.2, 0.25) is 0 Å². The first-order valence-corrected chi connectivity index (χ1v) is 10.7. The van der Waals surface area contributed by atoms with E-state index in [0.29, 0.717) is 12.7 Å². The molecule has 1 aromatic rings. The summed E-state index contributed by atoms with van der Waals surface area (Å²) in [6.45, 7) is 9.33. The fourth-order valence-corrected chi connectivity index (χ4v) is 4.80. The van der Waals surface area contributed by atoms with Gasteiger partial charge in [0.25, 0.3) is 0 Å². The molecule has 0 atom stereocenters. The summed E-state index contributed by atoms with van der Waals surface area (Å²) >= 11 is 5.37. The number of nitrogens with zero attached hydrogens (tertiary/aromatic N) is 3. The predicted octanol–water partition coefficient (Wildman–Crippen LogP) is 2.74. The molecule has 3 heterocycles. The maximum atomic E-state index is 5.96. The molecule has 6 heteroatoms. The molecule has 2 aliphatic rings. The minimum atomic E-state index is 0.379. The average molecular weight is 426 g/mol. The van der Waals surface area contributed by atoms with Gasteiger partial charge in [-0.1, -0.05) is 11.8 Å². The van der Waals surface area contributed by atoms with Gasteiger partial charge in [0.1, 0.15) is 6.61 Å². The second-order valence-electron chi connectivity index (χ2n) is 6.93. The maximum Gasteiger partial charge on any atom is 0.108 e. The van der Waals surface area contributed by atoms with Crippen LogP contribution in [0.25, 0.3) is 0 Å². The van der Waals surface area contributed by atoms with Crippen molar-refractivity contribution in [2.45, 2.75) is 25.5 Å². The van der Waals surface area contributed by atoms with Crippen molar-refractivity contribution in [3.05, 3.63) is 20.8 Å². The molecule has 4 nitrogen and oxygen atoms in total. The molecule has 0 radical (unpaired) electrons. The number of piperazine rings is 1. The Hall–Kier alpha value is -0.420. The highest BCUT2D eigenvalue weighted by Gasteiger charge is 2.19. The summed E-state index contributed by atoms with van der Waals surface area (Å²) in [6.07, 6.45) is 2.61. The molecule has 2 saturated heterocycles. The number of ether oxygens (including phenoxy) is 1. The van der Waals surface area contributed by atoms with E-state index in [1.807, 2.05) is 11.3 Å². The summed E-state index contributed by atoms with van der Waals surface area (Å²) < 4.78 is 7.18. The lowest BCUT2D eigenvalue weighted by molar-refractivity contribution is 0.0228. The molecule has 0 N–H and O–H groups in total. The number of rotatable bonds is 5. The van der Waals surface area contributed by atoms with Crippen LogP contribution >= 0.6 is 27.3 Å². The first-order valence-electron chi connectivity index (χ1n) is 9.14. The van der Waals surface area contributed by atoms with Crippen LogP contribution in [-0.4, -0.2) is 80.3 Å².